The molecule has 2 aliphatic carbocycles. The summed E-state index contributed by atoms with van der Waals surface area (Å²) in [6, 6.07) is 0.506. The van der Waals surface area contributed by atoms with Crippen molar-refractivity contribution in [3.63, 3.8) is 0 Å². The van der Waals surface area contributed by atoms with Crippen LogP contribution in [0.1, 0.15) is 64.7 Å². The lowest BCUT2D eigenvalue weighted by Gasteiger charge is -2.32. The lowest BCUT2D eigenvalue weighted by atomic mass is 9.75. The quantitative estimate of drug-likeness (QED) is 0.700. The zero-order valence-electron chi connectivity index (χ0n) is 10.8. The minimum Gasteiger partial charge on any atom is -0.328 e. The van der Waals surface area contributed by atoms with E-state index in [0.717, 1.165) is 11.8 Å². The number of rotatable bonds is 2. The van der Waals surface area contributed by atoms with Crippen molar-refractivity contribution in [3.8, 4) is 0 Å². The lowest BCUT2D eigenvalue weighted by Crippen LogP contribution is -2.29. The van der Waals surface area contributed by atoms with Gasteiger partial charge in [-0.3, -0.25) is 0 Å². The Labute approximate surface area is 100 Å². The second-order valence-corrected chi connectivity index (χ2v) is 5.77. The molecule has 0 bridgehead atoms. The zero-order valence-corrected chi connectivity index (χ0v) is 10.8. The molecular formula is C15H27N. The molecule has 1 saturated carbocycles. The number of allylic oxidation sites excluding steroid dienone is 2. The molecular weight excluding hydrogens is 194 g/mol. The van der Waals surface area contributed by atoms with Crippen LogP contribution in [0, 0.1) is 11.8 Å². The molecule has 0 aliphatic heterocycles. The van der Waals surface area contributed by atoms with Gasteiger partial charge in [-0.25, -0.2) is 0 Å². The SMILES string of the molecule is CCC1=CCCC(C2CCC(N)CC2)CC1. The fraction of sp³-hybridized carbons (Fsp3) is 0.867. The molecule has 0 aromatic heterocycles. The highest BCUT2D eigenvalue weighted by Gasteiger charge is 2.26. The first kappa shape index (κ1) is 12.2. The van der Waals surface area contributed by atoms with Crippen molar-refractivity contribution >= 4 is 0 Å². The maximum atomic E-state index is 5.99. The Morgan fingerprint density at radius 3 is 2.44 bits per heavy atom. The number of nitrogens with two attached hydrogens (primary N) is 1. The molecule has 1 fully saturated rings. The summed E-state index contributed by atoms with van der Waals surface area (Å²) < 4.78 is 0. The highest BCUT2D eigenvalue weighted by molar-refractivity contribution is 5.04. The van der Waals surface area contributed by atoms with Gasteiger partial charge in [0.15, 0.2) is 0 Å². The van der Waals surface area contributed by atoms with Gasteiger partial charge in [-0.15, -0.1) is 0 Å². The molecule has 92 valence electrons. The highest BCUT2D eigenvalue weighted by Crippen LogP contribution is 2.37. The van der Waals surface area contributed by atoms with Crippen molar-refractivity contribution in [1.29, 1.82) is 0 Å². The van der Waals surface area contributed by atoms with Gasteiger partial charge in [-0.2, -0.15) is 0 Å². The molecule has 0 amide bonds. The van der Waals surface area contributed by atoms with Crippen molar-refractivity contribution in [2.45, 2.75) is 70.8 Å². The number of hydrogen-bond donors (Lipinski definition) is 1. The third-order valence-electron chi connectivity index (χ3n) is 4.74. The van der Waals surface area contributed by atoms with Gasteiger partial charge < -0.3 is 5.73 Å². The van der Waals surface area contributed by atoms with Crippen molar-refractivity contribution in [2.75, 3.05) is 0 Å². The fourth-order valence-corrected chi connectivity index (χ4v) is 3.53. The summed E-state index contributed by atoms with van der Waals surface area (Å²) in [5.41, 5.74) is 7.69. The Hall–Kier alpha value is -0.300. The van der Waals surface area contributed by atoms with E-state index >= 15 is 0 Å². The second-order valence-electron chi connectivity index (χ2n) is 5.77. The number of hydrogen-bond acceptors (Lipinski definition) is 1. The Kier molecular flexibility index (Phi) is 4.45. The summed E-state index contributed by atoms with van der Waals surface area (Å²) in [6.45, 7) is 2.30. The molecule has 0 radical (unpaired) electrons. The third-order valence-corrected chi connectivity index (χ3v) is 4.74. The summed E-state index contributed by atoms with van der Waals surface area (Å²) in [4.78, 5) is 0. The van der Waals surface area contributed by atoms with Gasteiger partial charge in [-0.1, -0.05) is 18.6 Å². The first-order chi connectivity index (χ1) is 7.79. The molecule has 0 aromatic rings. The van der Waals surface area contributed by atoms with Crippen LogP contribution >= 0.6 is 0 Å². The van der Waals surface area contributed by atoms with E-state index in [4.69, 9.17) is 5.73 Å². The molecule has 0 aromatic carbocycles. The Morgan fingerprint density at radius 2 is 1.75 bits per heavy atom. The van der Waals surface area contributed by atoms with Crippen LogP contribution in [0.2, 0.25) is 0 Å². The van der Waals surface area contributed by atoms with Gasteiger partial charge in [0.05, 0.1) is 0 Å². The predicted molar refractivity (Wildman–Crippen MR) is 70.3 cm³/mol. The van der Waals surface area contributed by atoms with E-state index < -0.39 is 0 Å². The predicted octanol–water partition coefficient (Wildman–Crippen LogP) is 4.03. The molecule has 1 nitrogen and oxygen atoms in total. The third kappa shape index (κ3) is 3.10. The summed E-state index contributed by atoms with van der Waals surface area (Å²) in [7, 11) is 0. The smallest absolute Gasteiger partial charge is 0.00390 e. The Morgan fingerprint density at radius 1 is 1.06 bits per heavy atom. The first-order valence-corrected chi connectivity index (χ1v) is 7.23. The summed E-state index contributed by atoms with van der Waals surface area (Å²) in [5.74, 6) is 1.98. The van der Waals surface area contributed by atoms with E-state index in [2.05, 4.69) is 13.0 Å². The fourth-order valence-electron chi connectivity index (χ4n) is 3.53. The van der Waals surface area contributed by atoms with E-state index in [-0.39, 0.29) is 0 Å². The molecule has 2 N–H and O–H groups in total. The second kappa shape index (κ2) is 5.86. The van der Waals surface area contributed by atoms with Crippen LogP contribution in [0.15, 0.2) is 11.6 Å². The molecule has 1 heteroatoms. The van der Waals surface area contributed by atoms with Crippen molar-refractivity contribution in [2.24, 2.45) is 17.6 Å². The van der Waals surface area contributed by atoms with Crippen LogP contribution in [-0.4, -0.2) is 6.04 Å². The molecule has 2 rings (SSSR count). The molecule has 16 heavy (non-hydrogen) atoms. The first-order valence-electron chi connectivity index (χ1n) is 7.23. The lowest BCUT2D eigenvalue weighted by molar-refractivity contribution is 0.215. The normalized spacial score (nSPS) is 36.6. The minimum atomic E-state index is 0.506. The van der Waals surface area contributed by atoms with Crippen molar-refractivity contribution < 1.29 is 0 Å². The van der Waals surface area contributed by atoms with Crippen LogP contribution in [0.3, 0.4) is 0 Å². The summed E-state index contributed by atoms with van der Waals surface area (Å²) in [6.07, 6.45) is 14.7. The van der Waals surface area contributed by atoms with Gasteiger partial charge in [0.1, 0.15) is 0 Å². The molecule has 0 heterocycles. The maximum Gasteiger partial charge on any atom is 0.00390 e. The maximum absolute atomic E-state index is 5.99. The van der Waals surface area contributed by atoms with E-state index in [1.54, 1.807) is 5.57 Å². The van der Waals surface area contributed by atoms with Gasteiger partial charge in [0.2, 0.25) is 0 Å². The average Bonchev–Trinajstić information content (AvgIpc) is 2.55. The topological polar surface area (TPSA) is 26.0 Å². The molecule has 0 spiro atoms. The van der Waals surface area contributed by atoms with Crippen LogP contribution < -0.4 is 5.73 Å². The van der Waals surface area contributed by atoms with Gasteiger partial charge >= 0.3 is 0 Å². The zero-order chi connectivity index (χ0) is 11.4. The molecule has 0 saturated heterocycles. The largest absolute Gasteiger partial charge is 0.328 e. The van der Waals surface area contributed by atoms with Crippen LogP contribution in [0.4, 0.5) is 0 Å². The highest BCUT2D eigenvalue weighted by atomic mass is 14.6. The van der Waals surface area contributed by atoms with E-state index in [1.807, 2.05) is 0 Å². The van der Waals surface area contributed by atoms with Gasteiger partial charge in [-0.05, 0) is 69.6 Å². The van der Waals surface area contributed by atoms with Crippen molar-refractivity contribution in [3.05, 3.63) is 11.6 Å². The standard InChI is InChI=1S/C15H27N/c1-2-12-4-3-5-13(7-6-12)14-8-10-15(16)11-9-14/h4,13-15H,2-3,5-11,16H2,1H3. The minimum absolute atomic E-state index is 0.506. The Balaban J connectivity index is 1.83. The molecule has 1 unspecified atom stereocenters. The van der Waals surface area contributed by atoms with Crippen LogP contribution in [0.5, 0.6) is 0 Å². The average molecular weight is 221 g/mol. The van der Waals surface area contributed by atoms with Gasteiger partial charge in [0, 0.05) is 6.04 Å². The van der Waals surface area contributed by atoms with Crippen LogP contribution in [-0.2, 0) is 0 Å². The molecule has 1 atom stereocenters. The summed E-state index contributed by atoms with van der Waals surface area (Å²) in [5, 5.41) is 0. The van der Waals surface area contributed by atoms with E-state index in [1.165, 1.54) is 57.8 Å². The Bertz CT molecular complexity index is 236. The van der Waals surface area contributed by atoms with Gasteiger partial charge in [0.25, 0.3) is 0 Å². The van der Waals surface area contributed by atoms with Crippen molar-refractivity contribution in [1.82, 2.24) is 0 Å². The van der Waals surface area contributed by atoms with Crippen LogP contribution in [0.25, 0.3) is 0 Å². The summed E-state index contributed by atoms with van der Waals surface area (Å²) >= 11 is 0. The van der Waals surface area contributed by atoms with E-state index in [9.17, 15) is 0 Å². The monoisotopic (exact) mass is 221 g/mol. The molecule has 2 aliphatic rings. The van der Waals surface area contributed by atoms with E-state index in [0.29, 0.717) is 6.04 Å².